The summed E-state index contributed by atoms with van der Waals surface area (Å²) in [6.45, 7) is 7.72. The van der Waals surface area contributed by atoms with Crippen molar-refractivity contribution >= 4 is 17.7 Å². The molecule has 0 amide bonds. The summed E-state index contributed by atoms with van der Waals surface area (Å²) in [7, 11) is 2.72. The van der Waals surface area contributed by atoms with Gasteiger partial charge in [-0.15, -0.1) is 0 Å². The molecule has 2 aromatic rings. The van der Waals surface area contributed by atoms with Gasteiger partial charge in [0.25, 0.3) is 0 Å². The highest BCUT2D eigenvalue weighted by Gasteiger charge is 2.18. The molecule has 2 aromatic carbocycles. The zero-order chi connectivity index (χ0) is 26.7. The van der Waals surface area contributed by atoms with Crippen LogP contribution in [0.25, 0.3) is 0 Å². The Balaban J connectivity index is 0.00000106. The van der Waals surface area contributed by atoms with Crippen molar-refractivity contribution in [2.24, 2.45) is 0 Å². The lowest BCUT2D eigenvalue weighted by molar-refractivity contribution is -0.115. The number of benzene rings is 2. The van der Waals surface area contributed by atoms with Crippen LogP contribution >= 0.6 is 0 Å². The Morgan fingerprint density at radius 3 is 1.33 bits per heavy atom. The molecule has 8 heteroatoms. The monoisotopic (exact) mass is 495 g/mol. The van der Waals surface area contributed by atoms with Crippen molar-refractivity contribution in [2.75, 3.05) is 14.2 Å². The minimum atomic E-state index is -0.366. The second-order valence-electron chi connectivity index (χ2n) is 8.26. The molecule has 0 saturated carbocycles. The van der Waals surface area contributed by atoms with Crippen LogP contribution in [0.2, 0.25) is 0 Å². The summed E-state index contributed by atoms with van der Waals surface area (Å²) >= 11 is 0. The number of carbonyl (C=O) groups excluding carboxylic acids is 3. The van der Waals surface area contributed by atoms with Crippen molar-refractivity contribution < 1.29 is 33.3 Å². The predicted octanol–water partition coefficient (Wildman–Crippen LogP) is 5.04. The molecule has 0 unspecified atom stereocenters. The molecule has 192 valence electrons. The van der Waals surface area contributed by atoms with E-state index in [1.54, 1.807) is 24.3 Å². The standard InChI is InChI=1S/C25H27NO6.C3H6O/c1-16-22(31-14-18-5-9-20(10-6-18)24(27)29-3)13-23(17(2)26-16)32-15-19-7-11-21(12-8-19)25(28)30-4;1-3(2)4/h5-12,26H,13-15H2,1-4H3;1-2H3. The van der Waals surface area contributed by atoms with Crippen molar-refractivity contribution in [3.8, 4) is 0 Å². The number of hydrogen-bond acceptors (Lipinski definition) is 8. The lowest BCUT2D eigenvalue weighted by Crippen LogP contribution is -2.20. The van der Waals surface area contributed by atoms with Gasteiger partial charge in [0.05, 0.1) is 43.2 Å². The van der Waals surface area contributed by atoms with E-state index in [0.717, 1.165) is 34.0 Å². The Kier molecular flexibility index (Phi) is 10.7. The average molecular weight is 496 g/mol. The number of nitrogens with one attached hydrogen (secondary N) is 1. The molecule has 1 aliphatic heterocycles. The molecule has 0 bridgehead atoms. The summed E-state index contributed by atoms with van der Waals surface area (Å²) in [5, 5.41) is 3.30. The van der Waals surface area contributed by atoms with Gasteiger partial charge >= 0.3 is 11.9 Å². The fraction of sp³-hybridized carbons (Fsp3) is 0.321. The van der Waals surface area contributed by atoms with Gasteiger partial charge in [-0.25, -0.2) is 9.59 Å². The van der Waals surface area contributed by atoms with E-state index in [-0.39, 0.29) is 17.7 Å². The van der Waals surface area contributed by atoms with Gasteiger partial charge in [0, 0.05) is 0 Å². The molecule has 1 N–H and O–H groups in total. The molecule has 3 rings (SSSR count). The SMILES string of the molecule is CC(C)=O.COC(=O)c1ccc(COC2=C(C)NC(C)=C(OCc3ccc(C(=O)OC)cc3)C2)cc1. The molecule has 36 heavy (non-hydrogen) atoms. The number of ketones is 1. The third kappa shape index (κ3) is 8.61. The van der Waals surface area contributed by atoms with E-state index in [4.69, 9.17) is 18.9 Å². The van der Waals surface area contributed by atoms with E-state index >= 15 is 0 Å². The number of rotatable bonds is 8. The molecule has 0 aromatic heterocycles. The number of carbonyl (C=O) groups is 3. The maximum Gasteiger partial charge on any atom is 0.337 e. The van der Waals surface area contributed by atoms with Crippen LogP contribution in [0.5, 0.6) is 0 Å². The highest BCUT2D eigenvalue weighted by atomic mass is 16.5. The van der Waals surface area contributed by atoms with Gasteiger partial charge in [-0.2, -0.15) is 0 Å². The molecule has 8 nitrogen and oxygen atoms in total. The first-order valence-electron chi connectivity index (χ1n) is 11.4. The molecular formula is C28H33NO7. The van der Waals surface area contributed by atoms with Crippen LogP contribution in [-0.2, 0) is 37.0 Å². The Hall–Kier alpha value is -4.07. The van der Waals surface area contributed by atoms with E-state index in [0.29, 0.717) is 30.8 Å². The topological polar surface area (TPSA) is 100 Å². The number of methoxy groups -OCH3 is 2. The molecule has 0 fully saturated rings. The molecule has 1 aliphatic rings. The van der Waals surface area contributed by atoms with Crippen LogP contribution in [0.1, 0.15) is 66.0 Å². The number of dihydropyridines is 1. The minimum Gasteiger partial charge on any atom is -0.491 e. The molecule has 0 spiro atoms. The fourth-order valence-electron chi connectivity index (χ4n) is 3.20. The van der Waals surface area contributed by atoms with E-state index < -0.39 is 0 Å². The summed E-state index contributed by atoms with van der Waals surface area (Å²) in [5.41, 5.74) is 4.75. The van der Waals surface area contributed by atoms with E-state index in [9.17, 15) is 14.4 Å². The second kappa shape index (κ2) is 13.7. The summed E-state index contributed by atoms with van der Waals surface area (Å²) in [6, 6.07) is 14.2. The minimum absolute atomic E-state index is 0.167. The number of ether oxygens (including phenoxy) is 4. The van der Waals surface area contributed by atoms with Crippen molar-refractivity contribution in [3.05, 3.63) is 93.7 Å². The maximum absolute atomic E-state index is 11.6. The molecule has 1 heterocycles. The highest BCUT2D eigenvalue weighted by Crippen LogP contribution is 2.26. The molecule has 0 radical (unpaired) electrons. The lowest BCUT2D eigenvalue weighted by Gasteiger charge is -2.24. The Morgan fingerprint density at radius 1 is 0.694 bits per heavy atom. The highest BCUT2D eigenvalue weighted by molar-refractivity contribution is 5.89. The number of allylic oxidation sites excluding steroid dienone is 2. The zero-order valence-electron chi connectivity index (χ0n) is 21.6. The molecule has 0 aliphatic carbocycles. The van der Waals surface area contributed by atoms with Gasteiger partial charge in [-0.3, -0.25) is 0 Å². The average Bonchev–Trinajstić information content (AvgIpc) is 2.87. The fourth-order valence-corrected chi connectivity index (χ4v) is 3.20. The lowest BCUT2D eigenvalue weighted by atomic mass is 10.1. The van der Waals surface area contributed by atoms with Crippen LogP contribution in [0.4, 0.5) is 0 Å². The normalized spacial score (nSPS) is 12.6. The van der Waals surface area contributed by atoms with Gasteiger partial charge in [0.15, 0.2) is 0 Å². The number of esters is 2. The number of Topliss-reactive ketones (excluding diaryl/α,β-unsaturated/α-hetero) is 1. The summed E-state index contributed by atoms with van der Waals surface area (Å²) in [6.07, 6.45) is 0.533. The number of hydrogen-bond donors (Lipinski definition) is 1. The summed E-state index contributed by atoms with van der Waals surface area (Å²) in [5.74, 6) is 1.03. The van der Waals surface area contributed by atoms with E-state index in [1.807, 2.05) is 38.1 Å². The van der Waals surface area contributed by atoms with E-state index in [2.05, 4.69) is 5.32 Å². The predicted molar refractivity (Wildman–Crippen MR) is 135 cm³/mol. The summed E-state index contributed by atoms with van der Waals surface area (Å²) < 4.78 is 21.5. The van der Waals surface area contributed by atoms with Crippen molar-refractivity contribution in [3.63, 3.8) is 0 Å². The van der Waals surface area contributed by atoms with Crippen LogP contribution < -0.4 is 5.32 Å². The van der Waals surface area contributed by atoms with Gasteiger partial charge < -0.3 is 29.1 Å². The van der Waals surface area contributed by atoms with Crippen molar-refractivity contribution in [1.82, 2.24) is 5.32 Å². The molecule has 0 saturated heterocycles. The Labute approximate surface area is 211 Å². The van der Waals surface area contributed by atoms with Gasteiger partial charge in [-0.1, -0.05) is 24.3 Å². The van der Waals surface area contributed by atoms with E-state index in [1.165, 1.54) is 28.1 Å². The Bertz CT molecular complexity index is 1040. The van der Waals surface area contributed by atoms with Crippen molar-refractivity contribution in [2.45, 2.75) is 47.3 Å². The van der Waals surface area contributed by atoms with Crippen LogP contribution in [0.3, 0.4) is 0 Å². The third-order valence-electron chi connectivity index (χ3n) is 5.11. The van der Waals surface area contributed by atoms with Crippen LogP contribution in [0.15, 0.2) is 71.4 Å². The van der Waals surface area contributed by atoms with Gasteiger partial charge in [0.1, 0.15) is 30.5 Å². The first-order valence-corrected chi connectivity index (χ1v) is 11.4. The first kappa shape index (κ1) is 28.2. The first-order chi connectivity index (χ1) is 17.1. The Morgan fingerprint density at radius 2 is 1.03 bits per heavy atom. The largest absolute Gasteiger partial charge is 0.491 e. The second-order valence-corrected chi connectivity index (χ2v) is 8.26. The summed E-state index contributed by atoms with van der Waals surface area (Å²) in [4.78, 5) is 32.6. The third-order valence-corrected chi connectivity index (χ3v) is 5.11. The maximum atomic E-state index is 11.6. The molecular weight excluding hydrogens is 462 g/mol. The smallest absolute Gasteiger partial charge is 0.337 e. The molecule has 0 atom stereocenters. The zero-order valence-corrected chi connectivity index (χ0v) is 21.6. The quantitative estimate of drug-likeness (QED) is 0.508. The van der Waals surface area contributed by atoms with Crippen molar-refractivity contribution in [1.29, 1.82) is 0 Å². The van der Waals surface area contributed by atoms with Crippen LogP contribution in [0, 0.1) is 0 Å². The van der Waals surface area contributed by atoms with Gasteiger partial charge in [0.2, 0.25) is 0 Å². The van der Waals surface area contributed by atoms with Gasteiger partial charge in [-0.05, 0) is 63.1 Å². The van der Waals surface area contributed by atoms with Crippen LogP contribution in [-0.4, -0.2) is 31.9 Å².